The van der Waals surface area contributed by atoms with Gasteiger partial charge < -0.3 is 24.3 Å². The Morgan fingerprint density at radius 1 is 0.794 bits per heavy atom. The average molecular weight is 491 g/mol. The number of benzene rings is 3. The second kappa shape index (κ2) is 10.3. The Kier molecular flexibility index (Phi) is 7.47. The van der Waals surface area contributed by atoms with Crippen molar-refractivity contribution in [1.82, 2.24) is 0 Å². The van der Waals surface area contributed by atoms with E-state index < -0.39 is 21.7 Å². The molecule has 0 atom stereocenters. The number of rotatable bonds is 9. The molecule has 1 amide bonds. The van der Waals surface area contributed by atoms with Crippen molar-refractivity contribution in [3.8, 4) is 23.0 Å². The van der Waals surface area contributed by atoms with Crippen molar-refractivity contribution in [1.29, 1.82) is 0 Å². The molecule has 0 saturated heterocycles. The molecular weight excluding hydrogens is 467 g/mol. The highest BCUT2D eigenvalue weighted by Gasteiger charge is 2.20. The summed E-state index contributed by atoms with van der Waals surface area (Å²) in [6.45, 7) is 0. The molecule has 2 N–H and O–H groups in total. The molecule has 9 nitrogen and oxygen atoms in total. The highest BCUT2D eigenvalue weighted by Crippen LogP contribution is 2.38. The minimum atomic E-state index is -4.04. The molecule has 3 aromatic rings. The zero-order valence-corrected chi connectivity index (χ0v) is 19.7. The SMILES string of the molecule is COc1ccc(NC(=O)c2cc(OC)c(OC)c(OC)c2)cc1NS(=O)(=O)c1ccc(F)cc1. The largest absolute Gasteiger partial charge is 0.495 e. The number of carbonyl (C=O) groups is 1. The van der Waals surface area contributed by atoms with Crippen molar-refractivity contribution < 1.29 is 36.6 Å². The van der Waals surface area contributed by atoms with Crippen LogP contribution in [0.15, 0.2) is 59.5 Å². The van der Waals surface area contributed by atoms with Gasteiger partial charge in [-0.3, -0.25) is 9.52 Å². The third-order valence-corrected chi connectivity index (χ3v) is 6.13. The van der Waals surface area contributed by atoms with Crippen LogP contribution in [0.5, 0.6) is 23.0 Å². The van der Waals surface area contributed by atoms with Crippen LogP contribution >= 0.6 is 0 Å². The fourth-order valence-electron chi connectivity index (χ4n) is 3.10. The topological polar surface area (TPSA) is 112 Å². The van der Waals surface area contributed by atoms with Gasteiger partial charge in [0.05, 0.1) is 39.0 Å². The molecule has 0 fully saturated rings. The van der Waals surface area contributed by atoms with Crippen LogP contribution in [0.4, 0.5) is 15.8 Å². The molecule has 0 radical (unpaired) electrons. The predicted octanol–water partition coefficient (Wildman–Crippen LogP) is 3.91. The molecule has 0 saturated carbocycles. The Morgan fingerprint density at radius 3 is 1.91 bits per heavy atom. The Hall–Kier alpha value is -3.99. The molecule has 0 aliphatic heterocycles. The predicted molar refractivity (Wildman–Crippen MR) is 124 cm³/mol. The highest BCUT2D eigenvalue weighted by molar-refractivity contribution is 7.92. The van der Waals surface area contributed by atoms with E-state index >= 15 is 0 Å². The van der Waals surface area contributed by atoms with Crippen LogP contribution in [0.2, 0.25) is 0 Å². The van der Waals surface area contributed by atoms with Crippen molar-refractivity contribution in [2.24, 2.45) is 0 Å². The minimum absolute atomic E-state index is 0.0783. The number of hydrogen-bond donors (Lipinski definition) is 2. The van der Waals surface area contributed by atoms with Crippen LogP contribution in [0, 0.1) is 5.82 Å². The van der Waals surface area contributed by atoms with Crippen LogP contribution < -0.4 is 29.0 Å². The average Bonchev–Trinajstić information content (AvgIpc) is 2.83. The molecule has 0 aliphatic rings. The quantitative estimate of drug-likeness (QED) is 0.468. The molecule has 0 heterocycles. The lowest BCUT2D eigenvalue weighted by Crippen LogP contribution is -2.15. The molecule has 0 spiro atoms. The fourth-order valence-corrected chi connectivity index (χ4v) is 4.16. The second-order valence-electron chi connectivity index (χ2n) is 6.84. The summed E-state index contributed by atoms with van der Waals surface area (Å²) in [6, 6.07) is 11.8. The number of carbonyl (C=O) groups excluding carboxylic acids is 1. The number of nitrogens with one attached hydrogen (secondary N) is 2. The summed E-state index contributed by atoms with van der Waals surface area (Å²) in [5.74, 6) is 0.0914. The van der Waals surface area contributed by atoms with Crippen LogP contribution in [-0.2, 0) is 10.0 Å². The van der Waals surface area contributed by atoms with E-state index in [0.29, 0.717) is 17.2 Å². The van der Waals surface area contributed by atoms with E-state index in [1.165, 1.54) is 52.7 Å². The van der Waals surface area contributed by atoms with Gasteiger partial charge >= 0.3 is 0 Å². The third kappa shape index (κ3) is 5.31. The third-order valence-electron chi connectivity index (χ3n) is 4.75. The first-order chi connectivity index (χ1) is 16.2. The zero-order chi connectivity index (χ0) is 24.9. The maximum absolute atomic E-state index is 13.2. The molecule has 0 bridgehead atoms. The number of sulfonamides is 1. The molecule has 3 rings (SSSR count). The van der Waals surface area contributed by atoms with E-state index in [9.17, 15) is 17.6 Å². The van der Waals surface area contributed by atoms with Gasteiger partial charge in [-0.05, 0) is 54.6 Å². The lowest BCUT2D eigenvalue weighted by atomic mass is 10.1. The number of anilines is 2. The molecule has 34 heavy (non-hydrogen) atoms. The van der Waals surface area contributed by atoms with Gasteiger partial charge in [-0.2, -0.15) is 0 Å². The summed E-state index contributed by atoms with van der Waals surface area (Å²) in [4.78, 5) is 12.7. The van der Waals surface area contributed by atoms with Crippen LogP contribution in [0.25, 0.3) is 0 Å². The van der Waals surface area contributed by atoms with Gasteiger partial charge in [0.25, 0.3) is 15.9 Å². The second-order valence-corrected chi connectivity index (χ2v) is 8.53. The van der Waals surface area contributed by atoms with Crippen molar-refractivity contribution in [3.63, 3.8) is 0 Å². The fraction of sp³-hybridized carbons (Fsp3) is 0.174. The van der Waals surface area contributed by atoms with E-state index in [0.717, 1.165) is 24.3 Å². The van der Waals surface area contributed by atoms with Gasteiger partial charge in [0.2, 0.25) is 5.75 Å². The summed E-state index contributed by atoms with van der Waals surface area (Å²) in [5.41, 5.74) is 0.588. The summed E-state index contributed by atoms with van der Waals surface area (Å²) in [6.07, 6.45) is 0. The molecule has 3 aromatic carbocycles. The number of amides is 1. The van der Waals surface area contributed by atoms with E-state index in [-0.39, 0.29) is 27.6 Å². The number of ether oxygens (including phenoxy) is 4. The van der Waals surface area contributed by atoms with Gasteiger partial charge in [0.1, 0.15) is 11.6 Å². The smallest absolute Gasteiger partial charge is 0.262 e. The molecule has 0 aromatic heterocycles. The summed E-state index contributed by atoms with van der Waals surface area (Å²) < 4.78 is 62.0. The summed E-state index contributed by atoms with van der Waals surface area (Å²) in [7, 11) is 1.65. The first-order valence-electron chi connectivity index (χ1n) is 9.80. The Morgan fingerprint density at radius 2 is 1.38 bits per heavy atom. The maximum atomic E-state index is 13.2. The highest BCUT2D eigenvalue weighted by atomic mass is 32.2. The summed E-state index contributed by atoms with van der Waals surface area (Å²) in [5, 5.41) is 2.69. The number of halogens is 1. The van der Waals surface area contributed by atoms with Crippen molar-refractivity contribution in [3.05, 3.63) is 66.0 Å². The van der Waals surface area contributed by atoms with Crippen LogP contribution in [0.3, 0.4) is 0 Å². The number of hydrogen-bond acceptors (Lipinski definition) is 7. The summed E-state index contributed by atoms with van der Waals surface area (Å²) >= 11 is 0. The lowest BCUT2D eigenvalue weighted by Gasteiger charge is -2.15. The Labute approximate surface area is 196 Å². The van der Waals surface area contributed by atoms with E-state index in [2.05, 4.69) is 10.0 Å². The van der Waals surface area contributed by atoms with E-state index in [1.54, 1.807) is 6.07 Å². The van der Waals surface area contributed by atoms with Crippen LogP contribution in [-0.4, -0.2) is 42.8 Å². The number of methoxy groups -OCH3 is 4. The van der Waals surface area contributed by atoms with Gasteiger partial charge in [-0.15, -0.1) is 0 Å². The molecule has 11 heteroatoms. The van der Waals surface area contributed by atoms with E-state index in [4.69, 9.17) is 18.9 Å². The van der Waals surface area contributed by atoms with E-state index in [1.807, 2.05) is 0 Å². The zero-order valence-electron chi connectivity index (χ0n) is 18.8. The first kappa shape index (κ1) is 24.6. The Bertz CT molecular complexity index is 1270. The Balaban J connectivity index is 1.90. The van der Waals surface area contributed by atoms with Gasteiger partial charge in [0, 0.05) is 11.3 Å². The molecule has 0 unspecified atom stereocenters. The van der Waals surface area contributed by atoms with Gasteiger partial charge in [-0.25, -0.2) is 12.8 Å². The van der Waals surface area contributed by atoms with Crippen molar-refractivity contribution in [2.75, 3.05) is 38.5 Å². The first-order valence-corrected chi connectivity index (χ1v) is 11.3. The minimum Gasteiger partial charge on any atom is -0.495 e. The lowest BCUT2D eigenvalue weighted by molar-refractivity contribution is 0.102. The van der Waals surface area contributed by atoms with Crippen molar-refractivity contribution in [2.45, 2.75) is 4.90 Å². The molecule has 0 aliphatic carbocycles. The standard InChI is InChI=1S/C23H23FN2O7S/c1-30-19-10-7-16(13-18(19)26-34(28,29)17-8-5-15(24)6-9-17)25-23(27)14-11-20(31-2)22(33-4)21(12-14)32-3/h5-13,26H,1-4H3,(H,25,27). The maximum Gasteiger partial charge on any atom is 0.262 e. The van der Waals surface area contributed by atoms with Gasteiger partial charge in [-0.1, -0.05) is 0 Å². The van der Waals surface area contributed by atoms with Crippen LogP contribution in [0.1, 0.15) is 10.4 Å². The van der Waals surface area contributed by atoms with Gasteiger partial charge in [0.15, 0.2) is 11.5 Å². The molecular formula is C23H23FN2O7S. The van der Waals surface area contributed by atoms with Crippen molar-refractivity contribution >= 4 is 27.3 Å². The molecule has 180 valence electrons. The monoisotopic (exact) mass is 490 g/mol. The normalized spacial score (nSPS) is 10.9.